The molecule has 6 heteroatoms. The predicted molar refractivity (Wildman–Crippen MR) is 61.1 cm³/mol. The normalized spacial score (nSPS) is 23.9. The van der Waals surface area contributed by atoms with Crippen LogP contribution < -0.4 is 0 Å². The van der Waals surface area contributed by atoms with Crippen molar-refractivity contribution < 1.29 is 23.1 Å². The zero-order chi connectivity index (χ0) is 14.0. The number of ketones is 1. The van der Waals surface area contributed by atoms with Crippen molar-refractivity contribution in [3.8, 4) is 0 Å². The van der Waals surface area contributed by atoms with Crippen molar-refractivity contribution in [1.29, 1.82) is 0 Å². The first kappa shape index (κ1) is 15.4. The minimum Gasteiger partial charge on any atom is -0.395 e. The van der Waals surface area contributed by atoms with Crippen LogP contribution in [0.5, 0.6) is 0 Å². The van der Waals surface area contributed by atoms with Crippen LogP contribution in [0.2, 0.25) is 0 Å². The molecule has 1 aliphatic rings. The molecule has 1 unspecified atom stereocenters. The van der Waals surface area contributed by atoms with E-state index < -0.39 is 18.1 Å². The number of aliphatic hydroxyl groups excluding tert-OH is 1. The topological polar surface area (TPSA) is 40.5 Å². The Balaban J connectivity index is 2.59. The van der Waals surface area contributed by atoms with Crippen molar-refractivity contribution in [2.24, 2.45) is 11.3 Å². The van der Waals surface area contributed by atoms with Crippen LogP contribution in [0, 0.1) is 11.3 Å². The molecule has 18 heavy (non-hydrogen) atoms. The van der Waals surface area contributed by atoms with Gasteiger partial charge in [-0.2, -0.15) is 13.2 Å². The van der Waals surface area contributed by atoms with Gasteiger partial charge in [-0.25, -0.2) is 0 Å². The summed E-state index contributed by atoms with van der Waals surface area (Å²) in [5.74, 6) is -0.304. The van der Waals surface area contributed by atoms with Gasteiger partial charge in [-0.3, -0.25) is 9.69 Å². The summed E-state index contributed by atoms with van der Waals surface area (Å²) in [6.45, 7) is 2.29. The molecule has 1 atom stereocenters. The van der Waals surface area contributed by atoms with Gasteiger partial charge in [0.1, 0.15) is 5.78 Å². The third kappa shape index (κ3) is 4.24. The fourth-order valence-corrected chi connectivity index (χ4v) is 2.46. The second-order valence-electron chi connectivity index (χ2n) is 5.56. The molecule has 0 bridgehead atoms. The van der Waals surface area contributed by atoms with Gasteiger partial charge in [0.2, 0.25) is 0 Å². The second kappa shape index (κ2) is 5.57. The first-order valence-corrected chi connectivity index (χ1v) is 6.10. The lowest BCUT2D eigenvalue weighted by Crippen LogP contribution is -2.41. The van der Waals surface area contributed by atoms with Gasteiger partial charge >= 0.3 is 6.18 Å². The lowest BCUT2D eigenvalue weighted by molar-refractivity contribution is -0.149. The van der Waals surface area contributed by atoms with E-state index in [1.807, 2.05) is 13.8 Å². The molecule has 0 amide bonds. The fraction of sp³-hybridized carbons (Fsp3) is 0.917. The van der Waals surface area contributed by atoms with E-state index in [0.717, 1.165) is 11.3 Å². The summed E-state index contributed by atoms with van der Waals surface area (Å²) in [6, 6.07) is 0. The van der Waals surface area contributed by atoms with Crippen molar-refractivity contribution >= 4 is 5.78 Å². The molecule has 0 radical (unpaired) electrons. The van der Waals surface area contributed by atoms with E-state index in [1.54, 1.807) is 0 Å². The van der Waals surface area contributed by atoms with Crippen LogP contribution in [0.25, 0.3) is 0 Å². The second-order valence-corrected chi connectivity index (χ2v) is 5.56. The summed E-state index contributed by atoms with van der Waals surface area (Å²) in [5.41, 5.74) is -0.423. The molecule has 0 aliphatic heterocycles. The van der Waals surface area contributed by atoms with Gasteiger partial charge in [0.15, 0.2) is 0 Å². The minimum absolute atomic E-state index is 0.0348. The number of carbonyl (C=O) groups excluding carboxylic acids is 1. The number of carbonyl (C=O) groups is 1. The van der Waals surface area contributed by atoms with E-state index >= 15 is 0 Å². The first-order valence-electron chi connectivity index (χ1n) is 6.10. The number of halogens is 3. The monoisotopic (exact) mass is 267 g/mol. The largest absolute Gasteiger partial charge is 0.401 e. The zero-order valence-corrected chi connectivity index (χ0v) is 10.8. The van der Waals surface area contributed by atoms with Crippen molar-refractivity contribution in [3.05, 3.63) is 0 Å². The highest BCUT2D eigenvalue weighted by molar-refractivity contribution is 5.88. The number of Topliss-reactive ketones (excluding diaryl/α,β-unsaturated/α-hetero) is 1. The van der Waals surface area contributed by atoms with Crippen LogP contribution in [0.3, 0.4) is 0 Å². The number of alkyl halides is 3. The van der Waals surface area contributed by atoms with Gasteiger partial charge in [-0.1, -0.05) is 13.8 Å². The minimum atomic E-state index is -4.30. The van der Waals surface area contributed by atoms with Crippen LogP contribution in [-0.4, -0.2) is 48.2 Å². The number of rotatable bonds is 5. The summed E-state index contributed by atoms with van der Waals surface area (Å²) in [7, 11) is 0. The molecule has 0 spiro atoms. The Labute approximate surface area is 105 Å². The Hall–Kier alpha value is -0.620. The molecule has 0 saturated heterocycles. The van der Waals surface area contributed by atoms with Crippen molar-refractivity contribution in [2.75, 3.05) is 26.2 Å². The van der Waals surface area contributed by atoms with Crippen molar-refractivity contribution in [2.45, 2.75) is 32.9 Å². The van der Waals surface area contributed by atoms with Gasteiger partial charge in [0, 0.05) is 24.4 Å². The fourth-order valence-electron chi connectivity index (χ4n) is 2.46. The van der Waals surface area contributed by atoms with Gasteiger partial charge < -0.3 is 5.11 Å². The van der Waals surface area contributed by atoms with Crippen LogP contribution in [0.4, 0.5) is 13.2 Å². The van der Waals surface area contributed by atoms with Crippen LogP contribution in [0.15, 0.2) is 0 Å². The Morgan fingerprint density at radius 3 is 2.44 bits per heavy atom. The Morgan fingerprint density at radius 2 is 2.06 bits per heavy atom. The highest BCUT2D eigenvalue weighted by Gasteiger charge is 2.41. The molecular weight excluding hydrogens is 247 g/mol. The van der Waals surface area contributed by atoms with Gasteiger partial charge in [0.05, 0.1) is 13.2 Å². The average molecular weight is 267 g/mol. The molecule has 1 fully saturated rings. The molecule has 1 N–H and O–H groups in total. The molecule has 0 aromatic heterocycles. The van der Waals surface area contributed by atoms with Gasteiger partial charge in [0.25, 0.3) is 0 Å². The first-order chi connectivity index (χ1) is 8.15. The van der Waals surface area contributed by atoms with Crippen LogP contribution in [-0.2, 0) is 4.79 Å². The Kier molecular flexibility index (Phi) is 4.78. The lowest BCUT2D eigenvalue weighted by atomic mass is 9.89. The molecule has 0 heterocycles. The highest BCUT2D eigenvalue weighted by Crippen LogP contribution is 2.38. The maximum absolute atomic E-state index is 12.3. The van der Waals surface area contributed by atoms with Gasteiger partial charge in [-0.05, 0) is 12.8 Å². The van der Waals surface area contributed by atoms with Crippen LogP contribution >= 0.6 is 0 Å². The van der Waals surface area contributed by atoms with Crippen molar-refractivity contribution in [1.82, 2.24) is 4.90 Å². The summed E-state index contributed by atoms with van der Waals surface area (Å²) in [5, 5.41) is 8.78. The SMILES string of the molecule is CC1(C)CCC(CN(CCO)CC(F)(F)F)C1=O. The molecule has 0 aromatic carbocycles. The van der Waals surface area contributed by atoms with E-state index in [9.17, 15) is 18.0 Å². The highest BCUT2D eigenvalue weighted by atomic mass is 19.4. The number of aliphatic hydroxyl groups is 1. The molecule has 1 aliphatic carbocycles. The van der Waals surface area contributed by atoms with Gasteiger partial charge in [-0.15, -0.1) is 0 Å². The summed E-state index contributed by atoms with van der Waals surface area (Å²) in [6.07, 6.45) is -2.95. The Bertz CT molecular complexity index is 302. The molecule has 3 nitrogen and oxygen atoms in total. The summed E-state index contributed by atoms with van der Waals surface area (Å²) in [4.78, 5) is 13.1. The standard InChI is InChI=1S/C12H20F3NO2/c1-11(2)4-3-9(10(11)18)7-16(5-6-17)8-12(13,14)15/h9,17H,3-8H2,1-2H3. The third-order valence-electron chi connectivity index (χ3n) is 3.45. The maximum Gasteiger partial charge on any atom is 0.401 e. The molecule has 0 aromatic rings. The number of hydrogen-bond acceptors (Lipinski definition) is 3. The van der Waals surface area contributed by atoms with E-state index in [2.05, 4.69) is 0 Å². The van der Waals surface area contributed by atoms with E-state index in [1.165, 1.54) is 0 Å². The number of hydrogen-bond donors (Lipinski definition) is 1. The smallest absolute Gasteiger partial charge is 0.395 e. The summed E-state index contributed by atoms with van der Waals surface area (Å²) >= 11 is 0. The predicted octanol–water partition coefficient (Wildman–Crippen LogP) is 1.85. The zero-order valence-electron chi connectivity index (χ0n) is 10.8. The van der Waals surface area contributed by atoms with E-state index in [0.29, 0.717) is 6.42 Å². The Morgan fingerprint density at radius 1 is 1.44 bits per heavy atom. The maximum atomic E-state index is 12.3. The average Bonchev–Trinajstić information content (AvgIpc) is 2.43. The van der Waals surface area contributed by atoms with Crippen LogP contribution in [0.1, 0.15) is 26.7 Å². The quantitative estimate of drug-likeness (QED) is 0.826. The van der Waals surface area contributed by atoms with E-state index in [-0.39, 0.29) is 31.4 Å². The molecular formula is C12H20F3NO2. The third-order valence-corrected chi connectivity index (χ3v) is 3.45. The van der Waals surface area contributed by atoms with E-state index in [4.69, 9.17) is 5.11 Å². The lowest BCUT2D eigenvalue weighted by Gasteiger charge is -2.25. The molecule has 106 valence electrons. The molecule has 1 saturated carbocycles. The summed E-state index contributed by atoms with van der Waals surface area (Å²) < 4.78 is 37.0. The van der Waals surface area contributed by atoms with Crippen molar-refractivity contribution in [3.63, 3.8) is 0 Å². The molecule has 1 rings (SSSR count). The number of nitrogens with zero attached hydrogens (tertiary/aromatic N) is 1.